The van der Waals surface area contributed by atoms with E-state index in [0.717, 1.165) is 43.3 Å². The maximum atomic E-state index is 12.5. The van der Waals surface area contributed by atoms with Crippen LogP contribution in [0.15, 0.2) is 30.6 Å². The number of rotatable bonds is 4. The molecule has 2 unspecified atom stereocenters. The Morgan fingerprint density at radius 2 is 1.96 bits per heavy atom. The van der Waals surface area contributed by atoms with Crippen LogP contribution in [0.1, 0.15) is 47.0 Å². The van der Waals surface area contributed by atoms with Gasteiger partial charge in [-0.2, -0.15) is 0 Å². The first kappa shape index (κ1) is 18.3. The monoisotopic (exact) mass is 383 g/mol. The lowest BCUT2D eigenvalue weighted by Crippen LogP contribution is -2.44. The number of non-ortho nitro benzene ring substituents is 1. The fraction of sp³-hybridized carbons (Fsp3) is 0.421. The van der Waals surface area contributed by atoms with Crippen molar-refractivity contribution in [3.8, 4) is 0 Å². The van der Waals surface area contributed by atoms with E-state index >= 15 is 0 Å². The summed E-state index contributed by atoms with van der Waals surface area (Å²) in [7, 11) is 0. The standard InChI is InChI=1S/C19H21N5O4/c1-12-10-15(28-19(25)13-2-4-14(5-3-13)24(26)27)17-16(12)18(22-11-21-17)23-8-6-20-7-9-23/h2-5,11-12,15,20H,6-10H2,1H3. The Balaban J connectivity index is 1.55. The summed E-state index contributed by atoms with van der Waals surface area (Å²) in [5, 5.41) is 14.1. The van der Waals surface area contributed by atoms with Crippen LogP contribution in [0.4, 0.5) is 11.5 Å². The summed E-state index contributed by atoms with van der Waals surface area (Å²) in [6.07, 6.45) is 1.73. The molecule has 4 rings (SSSR count). The minimum Gasteiger partial charge on any atom is -0.452 e. The van der Waals surface area contributed by atoms with Gasteiger partial charge in [0.05, 0.1) is 16.2 Å². The number of nitrogens with one attached hydrogen (secondary N) is 1. The number of fused-ring (bicyclic) bond motifs is 1. The number of hydrogen-bond acceptors (Lipinski definition) is 8. The first-order chi connectivity index (χ1) is 13.5. The van der Waals surface area contributed by atoms with Crippen LogP contribution in [-0.4, -0.2) is 47.0 Å². The predicted octanol–water partition coefficient (Wildman–Crippen LogP) is 2.20. The van der Waals surface area contributed by atoms with Gasteiger partial charge in [0, 0.05) is 43.9 Å². The molecule has 146 valence electrons. The smallest absolute Gasteiger partial charge is 0.338 e. The Morgan fingerprint density at radius 1 is 1.25 bits per heavy atom. The number of nitro groups is 1. The van der Waals surface area contributed by atoms with Gasteiger partial charge < -0.3 is 15.0 Å². The molecular weight excluding hydrogens is 362 g/mol. The maximum Gasteiger partial charge on any atom is 0.338 e. The molecule has 2 atom stereocenters. The van der Waals surface area contributed by atoms with E-state index < -0.39 is 17.0 Å². The second kappa shape index (κ2) is 7.51. The Morgan fingerprint density at radius 3 is 2.64 bits per heavy atom. The molecule has 28 heavy (non-hydrogen) atoms. The molecule has 1 aliphatic heterocycles. The third-order valence-electron chi connectivity index (χ3n) is 5.24. The number of aromatic nitrogens is 2. The fourth-order valence-corrected chi connectivity index (χ4v) is 3.83. The van der Waals surface area contributed by atoms with Crippen molar-refractivity contribution < 1.29 is 14.5 Å². The largest absolute Gasteiger partial charge is 0.452 e. The molecule has 1 fully saturated rings. The molecule has 0 amide bonds. The van der Waals surface area contributed by atoms with E-state index in [4.69, 9.17) is 4.74 Å². The van der Waals surface area contributed by atoms with Crippen LogP contribution in [0.2, 0.25) is 0 Å². The van der Waals surface area contributed by atoms with Gasteiger partial charge >= 0.3 is 5.97 Å². The number of esters is 1. The summed E-state index contributed by atoms with van der Waals surface area (Å²) in [5.74, 6) is 0.589. The minimum absolute atomic E-state index is 0.0650. The number of piperazine rings is 1. The molecule has 0 spiro atoms. The number of carbonyl (C=O) groups is 1. The van der Waals surface area contributed by atoms with Crippen LogP contribution >= 0.6 is 0 Å². The number of anilines is 1. The van der Waals surface area contributed by atoms with Gasteiger partial charge in [0.1, 0.15) is 18.2 Å². The van der Waals surface area contributed by atoms with E-state index in [-0.39, 0.29) is 17.2 Å². The van der Waals surface area contributed by atoms with Gasteiger partial charge in [-0.15, -0.1) is 0 Å². The Labute approximate surface area is 161 Å². The first-order valence-corrected chi connectivity index (χ1v) is 9.30. The lowest BCUT2D eigenvalue weighted by Gasteiger charge is -2.30. The van der Waals surface area contributed by atoms with E-state index in [2.05, 4.69) is 27.1 Å². The number of benzene rings is 1. The summed E-state index contributed by atoms with van der Waals surface area (Å²) in [6.45, 7) is 5.66. The lowest BCUT2D eigenvalue weighted by atomic mass is 10.1. The fourth-order valence-electron chi connectivity index (χ4n) is 3.83. The third-order valence-corrected chi connectivity index (χ3v) is 5.24. The SMILES string of the molecule is CC1CC(OC(=O)c2ccc([N+](=O)[O-])cc2)c2ncnc(N3CCNCC3)c21. The quantitative estimate of drug-likeness (QED) is 0.486. The van der Waals surface area contributed by atoms with Crippen molar-refractivity contribution in [2.45, 2.75) is 25.4 Å². The van der Waals surface area contributed by atoms with Crippen LogP contribution in [0.25, 0.3) is 0 Å². The zero-order valence-electron chi connectivity index (χ0n) is 15.5. The summed E-state index contributed by atoms with van der Waals surface area (Å²) in [4.78, 5) is 34.0. The van der Waals surface area contributed by atoms with Gasteiger partial charge in [-0.3, -0.25) is 10.1 Å². The topological polar surface area (TPSA) is 110 Å². The second-order valence-corrected chi connectivity index (χ2v) is 7.07. The molecule has 1 aliphatic carbocycles. The van der Waals surface area contributed by atoms with Gasteiger partial charge in [-0.25, -0.2) is 14.8 Å². The minimum atomic E-state index is -0.512. The van der Waals surface area contributed by atoms with E-state index in [1.54, 1.807) is 0 Å². The van der Waals surface area contributed by atoms with Crippen molar-refractivity contribution in [3.63, 3.8) is 0 Å². The van der Waals surface area contributed by atoms with Crippen molar-refractivity contribution in [1.82, 2.24) is 15.3 Å². The van der Waals surface area contributed by atoms with Crippen LogP contribution in [0, 0.1) is 10.1 Å². The molecule has 1 saturated heterocycles. The highest BCUT2D eigenvalue weighted by Gasteiger charge is 2.36. The lowest BCUT2D eigenvalue weighted by molar-refractivity contribution is -0.384. The van der Waals surface area contributed by atoms with Gasteiger partial charge in [-0.05, 0) is 24.5 Å². The van der Waals surface area contributed by atoms with Gasteiger partial charge in [0.15, 0.2) is 0 Å². The molecule has 1 aromatic heterocycles. The molecule has 2 aromatic rings. The van der Waals surface area contributed by atoms with Gasteiger partial charge in [0.2, 0.25) is 0 Å². The van der Waals surface area contributed by atoms with E-state index in [9.17, 15) is 14.9 Å². The molecular formula is C19H21N5O4. The highest BCUT2D eigenvalue weighted by molar-refractivity contribution is 5.89. The predicted molar refractivity (Wildman–Crippen MR) is 101 cm³/mol. The number of hydrogen-bond donors (Lipinski definition) is 1. The summed E-state index contributed by atoms with van der Waals surface area (Å²) in [5.41, 5.74) is 2.02. The highest BCUT2D eigenvalue weighted by Crippen LogP contribution is 2.44. The molecule has 0 bridgehead atoms. The summed E-state index contributed by atoms with van der Waals surface area (Å²) < 4.78 is 5.71. The van der Waals surface area contributed by atoms with E-state index in [1.165, 1.54) is 30.6 Å². The highest BCUT2D eigenvalue weighted by atomic mass is 16.6. The number of nitrogens with zero attached hydrogens (tertiary/aromatic N) is 4. The van der Waals surface area contributed by atoms with Crippen molar-refractivity contribution in [3.05, 3.63) is 57.5 Å². The van der Waals surface area contributed by atoms with Crippen molar-refractivity contribution in [1.29, 1.82) is 0 Å². The normalized spacial score (nSPS) is 21.2. The Kier molecular flexibility index (Phi) is 4.91. The third kappa shape index (κ3) is 3.40. The van der Waals surface area contributed by atoms with Crippen molar-refractivity contribution in [2.75, 3.05) is 31.1 Å². The second-order valence-electron chi connectivity index (χ2n) is 7.07. The number of carbonyl (C=O) groups excluding carboxylic acids is 1. The molecule has 0 saturated carbocycles. The Hall–Kier alpha value is -3.07. The zero-order valence-corrected chi connectivity index (χ0v) is 15.5. The van der Waals surface area contributed by atoms with Crippen molar-refractivity contribution in [2.24, 2.45) is 0 Å². The van der Waals surface area contributed by atoms with Gasteiger partial charge in [-0.1, -0.05) is 6.92 Å². The van der Waals surface area contributed by atoms with Crippen LogP contribution < -0.4 is 10.2 Å². The molecule has 1 N–H and O–H groups in total. The summed E-state index contributed by atoms with van der Waals surface area (Å²) >= 11 is 0. The zero-order chi connectivity index (χ0) is 19.7. The van der Waals surface area contributed by atoms with E-state index in [1.807, 2.05) is 0 Å². The molecule has 1 aromatic carbocycles. The maximum absolute atomic E-state index is 12.5. The van der Waals surface area contributed by atoms with Crippen LogP contribution in [-0.2, 0) is 4.74 Å². The first-order valence-electron chi connectivity index (χ1n) is 9.30. The van der Waals surface area contributed by atoms with Crippen LogP contribution in [0.5, 0.6) is 0 Å². The van der Waals surface area contributed by atoms with E-state index in [0.29, 0.717) is 6.42 Å². The Bertz CT molecular complexity index is 896. The molecule has 2 heterocycles. The average Bonchev–Trinajstić information content (AvgIpc) is 3.04. The average molecular weight is 383 g/mol. The number of nitro benzene ring substituents is 1. The molecule has 2 aliphatic rings. The molecule has 9 nitrogen and oxygen atoms in total. The van der Waals surface area contributed by atoms with Crippen LogP contribution in [0.3, 0.4) is 0 Å². The summed E-state index contributed by atoms with van der Waals surface area (Å²) in [6, 6.07) is 5.41. The number of ether oxygens (including phenoxy) is 1. The molecule has 9 heteroatoms. The molecule has 0 radical (unpaired) electrons. The van der Waals surface area contributed by atoms with Gasteiger partial charge in [0.25, 0.3) is 5.69 Å². The van der Waals surface area contributed by atoms with Crippen molar-refractivity contribution >= 4 is 17.5 Å².